The van der Waals surface area contributed by atoms with E-state index in [1.807, 2.05) is 10.9 Å². The van der Waals surface area contributed by atoms with Crippen molar-refractivity contribution >= 4 is 0 Å². The van der Waals surface area contributed by atoms with Gasteiger partial charge in [0.1, 0.15) is 11.3 Å². The molecule has 4 heteroatoms. The van der Waals surface area contributed by atoms with Crippen LogP contribution in [0.15, 0.2) is 6.20 Å². The Hall–Kier alpha value is -0.900. The average molecular weight is 249 g/mol. The Labute approximate surface area is 108 Å². The molecule has 1 heterocycles. The van der Waals surface area contributed by atoms with Crippen molar-refractivity contribution in [3.8, 4) is 0 Å². The van der Waals surface area contributed by atoms with Gasteiger partial charge in [-0.1, -0.05) is 43.7 Å². The molecule has 4 nitrogen and oxygen atoms in total. The van der Waals surface area contributed by atoms with E-state index < -0.39 is 5.60 Å². The van der Waals surface area contributed by atoms with E-state index in [1.54, 1.807) is 0 Å². The van der Waals surface area contributed by atoms with Crippen LogP contribution < -0.4 is 0 Å². The molecule has 0 bridgehead atoms. The molecule has 1 N–H and O–H groups in total. The maximum atomic E-state index is 10.6. The van der Waals surface area contributed by atoms with Crippen molar-refractivity contribution in [3.63, 3.8) is 0 Å². The molecule has 3 rings (SSSR count). The maximum Gasteiger partial charge on any atom is 0.114 e. The van der Waals surface area contributed by atoms with Crippen molar-refractivity contribution < 1.29 is 5.11 Å². The fourth-order valence-electron chi connectivity index (χ4n) is 3.41. The van der Waals surface area contributed by atoms with Gasteiger partial charge < -0.3 is 5.11 Å². The Balaban J connectivity index is 1.75. The average Bonchev–Trinajstić information content (AvgIpc) is 2.91. The molecule has 0 saturated heterocycles. The van der Waals surface area contributed by atoms with E-state index in [1.165, 1.54) is 38.5 Å². The smallest absolute Gasteiger partial charge is 0.114 e. The predicted octanol–water partition coefficient (Wildman–Crippen LogP) is 2.94. The summed E-state index contributed by atoms with van der Waals surface area (Å²) in [5.41, 5.74) is 0.0957. The van der Waals surface area contributed by atoms with Crippen LogP contribution in [0.5, 0.6) is 0 Å². The van der Waals surface area contributed by atoms with Gasteiger partial charge in [0.2, 0.25) is 0 Å². The first-order valence-corrected chi connectivity index (χ1v) is 7.43. The van der Waals surface area contributed by atoms with Gasteiger partial charge in [0.25, 0.3) is 0 Å². The molecular formula is C14H23N3O. The van der Waals surface area contributed by atoms with Crippen LogP contribution in [-0.4, -0.2) is 20.1 Å². The van der Waals surface area contributed by atoms with Crippen molar-refractivity contribution in [3.05, 3.63) is 11.9 Å². The molecule has 0 aliphatic heterocycles. The van der Waals surface area contributed by atoms with E-state index in [4.69, 9.17) is 0 Å². The first kappa shape index (κ1) is 12.2. The summed E-state index contributed by atoms with van der Waals surface area (Å²) in [7, 11) is 0. The molecule has 0 aromatic carbocycles. The number of hydrogen-bond donors (Lipinski definition) is 1. The summed E-state index contributed by atoms with van der Waals surface area (Å²) in [4.78, 5) is 0. The molecule has 1 aromatic rings. The van der Waals surface area contributed by atoms with E-state index in [0.717, 1.165) is 31.4 Å². The minimum atomic E-state index is -0.703. The number of rotatable bonds is 2. The minimum absolute atomic E-state index is 0.507. The SMILES string of the molecule is OC1(c2cn(C3CCCCC3)nn2)CCCCC1. The van der Waals surface area contributed by atoms with Gasteiger partial charge >= 0.3 is 0 Å². The van der Waals surface area contributed by atoms with Gasteiger partial charge in [-0.15, -0.1) is 5.10 Å². The molecular weight excluding hydrogens is 226 g/mol. The largest absolute Gasteiger partial charge is 0.383 e. The molecule has 0 spiro atoms. The lowest BCUT2D eigenvalue weighted by Gasteiger charge is -2.29. The summed E-state index contributed by atoms with van der Waals surface area (Å²) in [6, 6.07) is 0.507. The summed E-state index contributed by atoms with van der Waals surface area (Å²) in [6.07, 6.45) is 13.5. The second-order valence-corrected chi connectivity index (χ2v) is 5.97. The molecule has 1 aromatic heterocycles. The third-order valence-electron chi connectivity index (χ3n) is 4.62. The van der Waals surface area contributed by atoms with Crippen LogP contribution in [0.3, 0.4) is 0 Å². The van der Waals surface area contributed by atoms with Crippen LogP contribution >= 0.6 is 0 Å². The highest BCUT2D eigenvalue weighted by atomic mass is 16.3. The van der Waals surface area contributed by atoms with E-state index in [-0.39, 0.29) is 0 Å². The molecule has 18 heavy (non-hydrogen) atoms. The third kappa shape index (κ3) is 2.30. The van der Waals surface area contributed by atoms with Gasteiger partial charge in [0.15, 0.2) is 0 Å². The molecule has 0 amide bonds. The summed E-state index contributed by atoms with van der Waals surface area (Å²) in [5, 5.41) is 19.2. The molecule has 2 aliphatic rings. The van der Waals surface area contributed by atoms with Crippen LogP contribution in [0.1, 0.15) is 75.9 Å². The molecule has 0 atom stereocenters. The van der Waals surface area contributed by atoms with E-state index in [9.17, 15) is 5.11 Å². The minimum Gasteiger partial charge on any atom is -0.383 e. The van der Waals surface area contributed by atoms with E-state index in [2.05, 4.69) is 10.3 Å². The number of hydrogen-bond acceptors (Lipinski definition) is 3. The van der Waals surface area contributed by atoms with Gasteiger partial charge in [-0.25, -0.2) is 4.68 Å². The number of nitrogens with zero attached hydrogens (tertiary/aromatic N) is 3. The first-order valence-electron chi connectivity index (χ1n) is 7.43. The van der Waals surface area contributed by atoms with E-state index in [0.29, 0.717) is 6.04 Å². The summed E-state index contributed by atoms with van der Waals surface area (Å²) in [5.74, 6) is 0. The fourth-order valence-corrected chi connectivity index (χ4v) is 3.41. The van der Waals surface area contributed by atoms with Crippen LogP contribution in [0.4, 0.5) is 0 Å². The van der Waals surface area contributed by atoms with Gasteiger partial charge in [0, 0.05) is 0 Å². The first-order chi connectivity index (χ1) is 8.78. The van der Waals surface area contributed by atoms with Gasteiger partial charge in [-0.05, 0) is 25.7 Å². The number of aromatic nitrogens is 3. The topological polar surface area (TPSA) is 50.9 Å². The Morgan fingerprint density at radius 2 is 1.72 bits per heavy atom. The third-order valence-corrected chi connectivity index (χ3v) is 4.62. The van der Waals surface area contributed by atoms with Crippen molar-refractivity contribution in [1.82, 2.24) is 15.0 Å². The zero-order chi connectivity index (χ0) is 12.4. The number of aliphatic hydroxyl groups is 1. The standard InChI is InChI=1S/C14H23N3O/c18-14(9-5-2-6-10-14)13-11-17(16-15-13)12-7-3-1-4-8-12/h11-12,18H,1-10H2. The van der Waals surface area contributed by atoms with E-state index >= 15 is 0 Å². The monoisotopic (exact) mass is 249 g/mol. The summed E-state index contributed by atoms with van der Waals surface area (Å²) in [6.45, 7) is 0. The highest BCUT2D eigenvalue weighted by molar-refractivity contribution is 5.08. The lowest BCUT2D eigenvalue weighted by atomic mass is 9.83. The van der Waals surface area contributed by atoms with Crippen molar-refractivity contribution in [2.24, 2.45) is 0 Å². The molecule has 2 aliphatic carbocycles. The van der Waals surface area contributed by atoms with Crippen molar-refractivity contribution in [2.75, 3.05) is 0 Å². The lowest BCUT2D eigenvalue weighted by molar-refractivity contribution is -0.00476. The van der Waals surface area contributed by atoms with Crippen LogP contribution in [-0.2, 0) is 5.60 Å². The predicted molar refractivity (Wildman–Crippen MR) is 69.1 cm³/mol. The molecule has 100 valence electrons. The van der Waals surface area contributed by atoms with Gasteiger partial charge in [-0.3, -0.25) is 0 Å². The zero-order valence-corrected chi connectivity index (χ0v) is 11.0. The second-order valence-electron chi connectivity index (χ2n) is 5.97. The maximum absolute atomic E-state index is 10.6. The Morgan fingerprint density at radius 3 is 2.44 bits per heavy atom. The summed E-state index contributed by atoms with van der Waals surface area (Å²) < 4.78 is 2.00. The zero-order valence-electron chi connectivity index (χ0n) is 11.0. The molecule has 2 saturated carbocycles. The summed E-state index contributed by atoms with van der Waals surface area (Å²) >= 11 is 0. The second kappa shape index (κ2) is 5.00. The van der Waals surface area contributed by atoms with Crippen molar-refractivity contribution in [2.45, 2.75) is 75.9 Å². The Morgan fingerprint density at radius 1 is 1.06 bits per heavy atom. The van der Waals surface area contributed by atoms with Crippen LogP contribution in [0, 0.1) is 0 Å². The Bertz CT molecular complexity index is 389. The highest BCUT2D eigenvalue weighted by Crippen LogP contribution is 2.36. The normalized spacial score (nSPS) is 25.2. The van der Waals surface area contributed by atoms with Crippen LogP contribution in [0.25, 0.3) is 0 Å². The van der Waals surface area contributed by atoms with Crippen LogP contribution in [0.2, 0.25) is 0 Å². The lowest BCUT2D eigenvalue weighted by Crippen LogP contribution is -2.28. The molecule has 0 radical (unpaired) electrons. The van der Waals surface area contributed by atoms with Gasteiger partial charge in [-0.2, -0.15) is 0 Å². The van der Waals surface area contributed by atoms with Crippen molar-refractivity contribution in [1.29, 1.82) is 0 Å². The highest BCUT2D eigenvalue weighted by Gasteiger charge is 2.34. The Kier molecular flexibility index (Phi) is 3.37. The fraction of sp³-hybridized carbons (Fsp3) is 0.857. The van der Waals surface area contributed by atoms with Gasteiger partial charge in [0.05, 0.1) is 12.2 Å². The molecule has 0 unspecified atom stereocenters. The quantitative estimate of drug-likeness (QED) is 0.876. The molecule has 2 fully saturated rings.